The van der Waals surface area contributed by atoms with E-state index in [4.69, 9.17) is 0 Å². The zero-order valence-corrected chi connectivity index (χ0v) is 14.4. The van der Waals surface area contributed by atoms with Gasteiger partial charge >= 0.3 is 5.97 Å². The second-order valence-corrected chi connectivity index (χ2v) is 7.38. The predicted molar refractivity (Wildman–Crippen MR) is 90.3 cm³/mol. The fourth-order valence-electron chi connectivity index (χ4n) is 3.88. The van der Waals surface area contributed by atoms with Gasteiger partial charge in [0.15, 0.2) is 0 Å². The molecule has 1 aromatic rings. The summed E-state index contributed by atoms with van der Waals surface area (Å²) in [5, 5.41) is 9.67. The number of hydrogen-bond donors (Lipinski definition) is 1. The van der Waals surface area contributed by atoms with Gasteiger partial charge in [0.25, 0.3) is 0 Å². The van der Waals surface area contributed by atoms with E-state index in [1.807, 2.05) is 12.1 Å². The van der Waals surface area contributed by atoms with E-state index in [2.05, 4.69) is 44.7 Å². The number of carbonyl (C=O) groups is 1. The van der Waals surface area contributed by atoms with Crippen LogP contribution in [0.15, 0.2) is 24.3 Å². The number of rotatable bonds is 7. The molecule has 1 aliphatic rings. The van der Waals surface area contributed by atoms with E-state index in [0.29, 0.717) is 0 Å². The van der Waals surface area contributed by atoms with Crippen molar-refractivity contribution in [1.82, 2.24) is 4.90 Å². The Bertz CT molecular complexity index is 507. The number of likely N-dealkylation sites (N-methyl/N-ethyl adjacent to an activating group) is 1. The maximum Gasteiger partial charge on any atom is 0.314 e. The van der Waals surface area contributed by atoms with Crippen molar-refractivity contribution in [2.45, 2.75) is 52.4 Å². The highest BCUT2D eigenvalue weighted by atomic mass is 16.4. The van der Waals surface area contributed by atoms with Crippen molar-refractivity contribution in [3.05, 3.63) is 35.4 Å². The molecule has 0 atom stereocenters. The highest BCUT2D eigenvalue weighted by Gasteiger charge is 2.55. The van der Waals surface area contributed by atoms with E-state index in [1.165, 1.54) is 5.56 Å². The van der Waals surface area contributed by atoms with E-state index in [9.17, 15) is 9.90 Å². The molecule has 2 rings (SSSR count). The summed E-state index contributed by atoms with van der Waals surface area (Å²) < 4.78 is 0. The molecule has 1 aliphatic carbocycles. The third-order valence-electron chi connectivity index (χ3n) is 5.09. The Balaban J connectivity index is 2.07. The molecule has 1 fully saturated rings. The number of nitrogens with zero attached hydrogens (tertiary/aromatic N) is 1. The standard InChI is InChI=1S/C19H29NO2/c1-5-20(6-2)12-11-15-7-9-16(10-8-15)19(17(21)22)13-18(3,4)14-19/h7-10H,5-6,11-14H2,1-4H3,(H,21,22). The van der Waals surface area contributed by atoms with E-state index >= 15 is 0 Å². The van der Waals surface area contributed by atoms with Gasteiger partial charge in [-0.25, -0.2) is 0 Å². The van der Waals surface area contributed by atoms with Crippen molar-refractivity contribution < 1.29 is 9.90 Å². The minimum Gasteiger partial charge on any atom is -0.481 e. The lowest BCUT2D eigenvalue weighted by molar-refractivity contribution is -0.153. The van der Waals surface area contributed by atoms with Crippen LogP contribution in [-0.4, -0.2) is 35.6 Å². The molecule has 0 bridgehead atoms. The van der Waals surface area contributed by atoms with Crippen LogP contribution in [0.5, 0.6) is 0 Å². The van der Waals surface area contributed by atoms with Crippen LogP contribution in [0.25, 0.3) is 0 Å². The van der Waals surface area contributed by atoms with Crippen LogP contribution in [0.4, 0.5) is 0 Å². The van der Waals surface area contributed by atoms with Gasteiger partial charge in [-0.1, -0.05) is 52.0 Å². The lowest BCUT2D eigenvalue weighted by Gasteiger charge is -2.50. The molecule has 1 saturated carbocycles. The molecule has 0 unspecified atom stereocenters. The fourth-order valence-corrected chi connectivity index (χ4v) is 3.88. The molecule has 0 spiro atoms. The van der Waals surface area contributed by atoms with Gasteiger partial charge in [0.2, 0.25) is 0 Å². The summed E-state index contributed by atoms with van der Waals surface area (Å²) in [4.78, 5) is 14.2. The smallest absolute Gasteiger partial charge is 0.314 e. The Kier molecular flexibility index (Phi) is 4.96. The molecule has 0 aliphatic heterocycles. The van der Waals surface area contributed by atoms with Crippen LogP contribution in [0.3, 0.4) is 0 Å². The molecule has 1 aromatic carbocycles. The number of aliphatic carboxylic acids is 1. The molecule has 0 radical (unpaired) electrons. The van der Waals surface area contributed by atoms with Crippen molar-refractivity contribution in [3.63, 3.8) is 0 Å². The molecule has 122 valence electrons. The maximum absolute atomic E-state index is 11.8. The Morgan fingerprint density at radius 1 is 1.14 bits per heavy atom. The number of hydrogen-bond acceptors (Lipinski definition) is 2. The van der Waals surface area contributed by atoms with E-state index in [1.54, 1.807) is 0 Å². The van der Waals surface area contributed by atoms with Crippen LogP contribution >= 0.6 is 0 Å². The lowest BCUT2D eigenvalue weighted by atomic mass is 9.52. The molecule has 0 amide bonds. The van der Waals surface area contributed by atoms with E-state index in [-0.39, 0.29) is 5.41 Å². The van der Waals surface area contributed by atoms with Crippen molar-refractivity contribution >= 4 is 5.97 Å². The van der Waals surface area contributed by atoms with Crippen molar-refractivity contribution in [3.8, 4) is 0 Å². The minimum atomic E-state index is -0.678. The second-order valence-electron chi connectivity index (χ2n) is 7.38. The highest BCUT2D eigenvalue weighted by molar-refractivity contribution is 5.83. The first-order valence-corrected chi connectivity index (χ1v) is 8.38. The first kappa shape index (κ1) is 17.0. The SMILES string of the molecule is CCN(CC)CCc1ccc(C2(C(=O)O)CC(C)(C)C2)cc1. The Morgan fingerprint density at radius 3 is 2.09 bits per heavy atom. The van der Waals surface area contributed by atoms with Gasteiger partial charge in [0, 0.05) is 6.54 Å². The van der Waals surface area contributed by atoms with Gasteiger partial charge in [-0.3, -0.25) is 4.79 Å². The molecule has 0 heterocycles. The fraction of sp³-hybridized carbons (Fsp3) is 0.632. The third-order valence-corrected chi connectivity index (χ3v) is 5.09. The zero-order chi connectivity index (χ0) is 16.4. The minimum absolute atomic E-state index is 0.139. The predicted octanol–water partition coefficient (Wildman–Crippen LogP) is 3.71. The molecule has 0 saturated heterocycles. The average Bonchev–Trinajstić information content (AvgIpc) is 2.46. The summed E-state index contributed by atoms with van der Waals surface area (Å²) >= 11 is 0. The topological polar surface area (TPSA) is 40.5 Å². The second kappa shape index (κ2) is 6.41. The first-order chi connectivity index (χ1) is 10.3. The number of carboxylic acids is 1. The first-order valence-electron chi connectivity index (χ1n) is 8.38. The van der Waals surface area contributed by atoms with Crippen LogP contribution in [0.2, 0.25) is 0 Å². The van der Waals surface area contributed by atoms with Crippen molar-refractivity contribution in [2.75, 3.05) is 19.6 Å². The lowest BCUT2D eigenvalue weighted by Crippen LogP contribution is -2.52. The molecular formula is C19H29NO2. The van der Waals surface area contributed by atoms with Crippen LogP contribution in [0.1, 0.15) is 51.7 Å². The summed E-state index contributed by atoms with van der Waals surface area (Å²) in [5.41, 5.74) is 1.72. The van der Waals surface area contributed by atoms with Gasteiger partial charge in [-0.15, -0.1) is 0 Å². The maximum atomic E-state index is 11.8. The molecule has 22 heavy (non-hydrogen) atoms. The molecular weight excluding hydrogens is 274 g/mol. The van der Waals surface area contributed by atoms with E-state index in [0.717, 1.165) is 44.5 Å². The average molecular weight is 303 g/mol. The largest absolute Gasteiger partial charge is 0.481 e. The molecule has 3 nitrogen and oxygen atoms in total. The van der Waals surface area contributed by atoms with Gasteiger partial charge in [0.1, 0.15) is 0 Å². The quantitative estimate of drug-likeness (QED) is 0.834. The van der Waals surface area contributed by atoms with E-state index < -0.39 is 11.4 Å². The van der Waals surface area contributed by atoms with Gasteiger partial charge < -0.3 is 10.0 Å². The Morgan fingerprint density at radius 2 is 1.68 bits per heavy atom. The van der Waals surface area contributed by atoms with Gasteiger partial charge in [-0.05, 0) is 48.9 Å². The van der Waals surface area contributed by atoms with Crippen molar-refractivity contribution in [2.24, 2.45) is 5.41 Å². The van der Waals surface area contributed by atoms with Crippen LogP contribution < -0.4 is 0 Å². The molecule has 0 aromatic heterocycles. The monoisotopic (exact) mass is 303 g/mol. The number of benzene rings is 1. The van der Waals surface area contributed by atoms with Gasteiger partial charge in [0.05, 0.1) is 5.41 Å². The van der Waals surface area contributed by atoms with Gasteiger partial charge in [-0.2, -0.15) is 0 Å². The zero-order valence-electron chi connectivity index (χ0n) is 14.4. The summed E-state index contributed by atoms with van der Waals surface area (Å²) in [5.74, 6) is -0.678. The summed E-state index contributed by atoms with van der Waals surface area (Å²) in [6.45, 7) is 11.9. The molecule has 3 heteroatoms. The Labute approximate surface area is 134 Å². The summed E-state index contributed by atoms with van der Waals surface area (Å²) in [6, 6.07) is 8.27. The third kappa shape index (κ3) is 3.35. The molecule has 1 N–H and O–H groups in total. The summed E-state index contributed by atoms with van der Waals surface area (Å²) in [6.07, 6.45) is 2.48. The highest BCUT2D eigenvalue weighted by Crippen LogP contribution is 2.55. The van der Waals surface area contributed by atoms with Crippen LogP contribution in [-0.2, 0) is 16.6 Å². The Hall–Kier alpha value is -1.35. The van der Waals surface area contributed by atoms with Crippen LogP contribution in [0, 0.1) is 5.41 Å². The normalized spacial score (nSPS) is 19.0. The number of carboxylic acid groups (broad SMARTS) is 1. The van der Waals surface area contributed by atoms with Crippen molar-refractivity contribution in [1.29, 1.82) is 0 Å². The summed E-state index contributed by atoms with van der Waals surface area (Å²) in [7, 11) is 0.